The molecule has 48 heavy (non-hydrogen) atoms. The maximum Gasteiger partial charge on any atom is 0.122 e. The first-order valence-electron chi connectivity index (χ1n) is 18.7. The Balaban J connectivity index is 2.00. The van der Waals surface area contributed by atoms with E-state index in [1.165, 1.54) is 57.8 Å². The molecular weight excluding hydrogens is 613 g/mol. The molecule has 1 atom stereocenters. The van der Waals surface area contributed by atoms with Gasteiger partial charge in [0.25, 0.3) is 0 Å². The van der Waals surface area contributed by atoms with Gasteiger partial charge in [-0.25, -0.2) is 0 Å². The lowest BCUT2D eigenvalue weighted by molar-refractivity contribution is 0.354. The second-order valence-corrected chi connectivity index (χ2v) is 26.1. The molecule has 259 valence electrons. The molecule has 0 spiro atoms. The summed E-state index contributed by atoms with van der Waals surface area (Å²) in [6.45, 7) is 41.1. The Morgan fingerprint density at radius 3 is 2.15 bits per heavy atom. The minimum absolute atomic E-state index is 0.0304. The third kappa shape index (κ3) is 6.04. The van der Waals surface area contributed by atoms with E-state index in [-0.39, 0.29) is 21.7 Å². The Labute approximate surface area is 297 Å². The molecule has 0 bridgehead atoms. The maximum absolute atomic E-state index is 7.02. The van der Waals surface area contributed by atoms with Gasteiger partial charge in [-0.3, -0.25) is 0 Å². The molecule has 1 unspecified atom stereocenters. The van der Waals surface area contributed by atoms with Crippen molar-refractivity contribution < 1.29 is 4.74 Å². The van der Waals surface area contributed by atoms with Crippen molar-refractivity contribution in [3.8, 4) is 5.75 Å². The fourth-order valence-corrected chi connectivity index (χ4v) is 16.7. The average molecular weight is 678 g/mol. The van der Waals surface area contributed by atoms with Crippen molar-refractivity contribution in [1.29, 1.82) is 0 Å². The Morgan fingerprint density at radius 2 is 1.60 bits per heavy atom. The van der Waals surface area contributed by atoms with Gasteiger partial charge in [0.1, 0.15) is 20.4 Å². The Bertz CT molecular complexity index is 1810. The first kappa shape index (κ1) is 36.9. The predicted molar refractivity (Wildman–Crippen MR) is 217 cm³/mol. The zero-order valence-electron chi connectivity index (χ0n) is 33.3. The zero-order chi connectivity index (χ0) is 35.8. The van der Waals surface area contributed by atoms with Crippen LogP contribution < -0.4 is 25.5 Å². The third-order valence-corrected chi connectivity index (χ3v) is 19.2. The summed E-state index contributed by atoms with van der Waals surface area (Å²) in [5.74, 6) is 1.20. The van der Waals surface area contributed by atoms with Crippen molar-refractivity contribution in [2.45, 2.75) is 144 Å². The Morgan fingerprint density at radius 1 is 0.958 bits per heavy atom. The van der Waals surface area contributed by atoms with E-state index in [0.29, 0.717) is 12.1 Å². The van der Waals surface area contributed by atoms with Crippen molar-refractivity contribution in [3.05, 3.63) is 86.8 Å². The van der Waals surface area contributed by atoms with Crippen LogP contribution in [0.3, 0.4) is 0 Å². The highest BCUT2D eigenvalue weighted by Gasteiger charge is 2.54. The van der Waals surface area contributed by atoms with Crippen molar-refractivity contribution in [1.82, 2.24) is 0 Å². The quantitative estimate of drug-likeness (QED) is 0.200. The van der Waals surface area contributed by atoms with Gasteiger partial charge in [-0.15, -0.1) is 0 Å². The molecule has 3 heteroatoms. The molecule has 0 amide bonds. The molecule has 0 saturated heterocycles. The topological polar surface area (TPSA) is 9.23 Å². The highest BCUT2D eigenvalue weighted by molar-refractivity contribution is 6.95. The summed E-state index contributed by atoms with van der Waals surface area (Å²) in [4.78, 5) is 0. The van der Waals surface area contributed by atoms with E-state index in [4.69, 9.17) is 4.74 Å². The van der Waals surface area contributed by atoms with Crippen LogP contribution in [0.1, 0.15) is 113 Å². The molecule has 0 saturated carbocycles. The summed E-state index contributed by atoms with van der Waals surface area (Å²) in [5, 5.41) is 6.02. The highest BCUT2D eigenvalue weighted by Crippen LogP contribution is 2.62. The van der Waals surface area contributed by atoms with Gasteiger partial charge in [0.2, 0.25) is 0 Å². The predicted octanol–water partition coefficient (Wildman–Crippen LogP) is 9.91. The first-order chi connectivity index (χ1) is 22.1. The number of ether oxygens (including phenoxy) is 1. The molecule has 0 heterocycles. The van der Waals surface area contributed by atoms with Gasteiger partial charge in [-0.2, -0.15) is 0 Å². The summed E-state index contributed by atoms with van der Waals surface area (Å²) >= 11 is 0. The average Bonchev–Trinajstić information content (AvgIpc) is 3.30. The molecule has 1 nitrogen and oxygen atoms in total. The van der Waals surface area contributed by atoms with E-state index in [1.807, 2.05) is 6.08 Å². The van der Waals surface area contributed by atoms with Crippen LogP contribution in [0.5, 0.6) is 5.75 Å². The number of rotatable bonds is 8. The van der Waals surface area contributed by atoms with Crippen LogP contribution in [0, 0.1) is 17.8 Å². The van der Waals surface area contributed by atoms with E-state index < -0.39 is 16.9 Å². The number of hydrogen-bond acceptors (Lipinski definition) is 1. The van der Waals surface area contributed by atoms with Gasteiger partial charge >= 0.3 is 0 Å². The van der Waals surface area contributed by atoms with Crippen LogP contribution >= 0.6 is 0 Å². The van der Waals surface area contributed by atoms with E-state index in [1.54, 1.807) is 32.7 Å². The maximum atomic E-state index is 7.02. The molecular formula is C45H65OSi2. The van der Waals surface area contributed by atoms with Gasteiger partial charge in [0.15, 0.2) is 0 Å². The third-order valence-electron chi connectivity index (χ3n) is 11.9. The van der Waals surface area contributed by atoms with Crippen LogP contribution in [0.25, 0.3) is 11.6 Å². The summed E-state index contributed by atoms with van der Waals surface area (Å²) in [5.41, 5.74) is 11.6. The fraction of sp³-hybridized carbons (Fsp3) is 0.556. The van der Waals surface area contributed by atoms with Crippen LogP contribution in [0.2, 0.25) is 30.7 Å². The largest absolute Gasteiger partial charge is 0.489 e. The molecule has 3 aliphatic carbocycles. The molecule has 3 aliphatic rings. The lowest BCUT2D eigenvalue weighted by Crippen LogP contribution is -2.55. The molecule has 0 N–H and O–H groups in total. The zero-order valence-corrected chi connectivity index (χ0v) is 35.3. The summed E-state index contributed by atoms with van der Waals surface area (Å²) in [6.07, 6.45) is 9.66. The van der Waals surface area contributed by atoms with Gasteiger partial charge in [0, 0.05) is 11.0 Å². The number of allylic oxidation sites excluding steroid dienone is 4. The van der Waals surface area contributed by atoms with E-state index in [9.17, 15) is 0 Å². The molecule has 0 fully saturated rings. The Kier molecular flexibility index (Phi) is 9.57. The van der Waals surface area contributed by atoms with Crippen LogP contribution in [0.15, 0.2) is 59.7 Å². The minimum atomic E-state index is -2.35. The molecule has 2 aromatic carbocycles. The van der Waals surface area contributed by atoms with Gasteiger partial charge in [-0.1, -0.05) is 168 Å². The number of aryl methyl sites for hydroxylation is 1. The summed E-state index contributed by atoms with van der Waals surface area (Å²) < 4.78 is 7.02. The number of hydrogen-bond donors (Lipinski definition) is 0. The van der Waals surface area contributed by atoms with Gasteiger partial charge in [-0.05, 0) is 85.1 Å². The second-order valence-electron chi connectivity index (χ2n) is 18.7. The lowest BCUT2D eigenvalue weighted by atomic mass is 9.72. The molecule has 5 rings (SSSR count). The number of fused-ring (bicyclic) bond motifs is 3. The van der Waals surface area contributed by atoms with E-state index in [2.05, 4.69) is 146 Å². The number of benzene rings is 2. The standard InChI is InChI=1S/C45H65OSi2/c1-17-24-46-39-35(25-29(4)40(47(15)16)38(39)43(8,9)10)48(18-2,19-3)41-34-28-44(11,12)23-22-33(34)37-36(41)32-21-20-31(42(5,6)7)26-30(32)27-45(37,13)14/h17,20-21,25-28,41H,1,18-19,22-24H2,2-16H3. The van der Waals surface area contributed by atoms with E-state index in [0.717, 1.165) is 0 Å². The van der Waals surface area contributed by atoms with Crippen molar-refractivity contribution in [3.63, 3.8) is 0 Å². The van der Waals surface area contributed by atoms with Crippen LogP contribution in [-0.4, -0.2) is 23.5 Å². The van der Waals surface area contributed by atoms with Crippen molar-refractivity contribution in [2.24, 2.45) is 10.8 Å². The second kappa shape index (κ2) is 12.4. The molecule has 2 aromatic rings. The fourth-order valence-electron chi connectivity index (χ4n) is 9.63. The Hall–Kier alpha value is -2.37. The van der Waals surface area contributed by atoms with Gasteiger partial charge < -0.3 is 4.74 Å². The van der Waals surface area contributed by atoms with Crippen molar-refractivity contribution in [2.75, 3.05) is 6.61 Å². The highest BCUT2D eigenvalue weighted by atomic mass is 28.3. The summed E-state index contributed by atoms with van der Waals surface area (Å²) in [7, 11) is -3.09. The van der Waals surface area contributed by atoms with E-state index >= 15 is 0 Å². The van der Waals surface area contributed by atoms with Crippen LogP contribution in [-0.2, 0) is 10.8 Å². The minimum Gasteiger partial charge on any atom is -0.489 e. The SMILES string of the molecule is C=CCOc1c([Si](CC)(CC)C2C3=CC(C)(C)CCC3=C3C2=c2ccc(C(C)(C)C)cc2=CC3(C)C)cc(C)c([Si](C)C)c1C(C)(C)C. The first-order valence-corrected chi connectivity index (χ1v) is 23.7. The van der Waals surface area contributed by atoms with Gasteiger partial charge in [0.05, 0.1) is 8.80 Å². The molecule has 1 radical (unpaired) electrons. The summed E-state index contributed by atoms with van der Waals surface area (Å²) in [6, 6.07) is 12.4. The molecule has 0 aliphatic heterocycles. The smallest absolute Gasteiger partial charge is 0.122 e. The lowest BCUT2D eigenvalue weighted by Gasteiger charge is -2.44. The molecule has 0 aromatic heterocycles. The normalized spacial score (nSPS) is 20.2. The monoisotopic (exact) mass is 677 g/mol. The van der Waals surface area contributed by atoms with Crippen molar-refractivity contribution >= 4 is 38.9 Å². The van der Waals surface area contributed by atoms with Crippen LogP contribution in [0.4, 0.5) is 0 Å².